The lowest BCUT2D eigenvalue weighted by molar-refractivity contribution is 0.0727. The van der Waals surface area contributed by atoms with Gasteiger partial charge >= 0.3 is 4.87 Å². The maximum Gasteiger partial charge on any atom is 0.305 e. The van der Waals surface area contributed by atoms with Crippen LogP contribution in [-0.2, 0) is 11.2 Å². The fraction of sp³-hybridized carbons (Fsp3) is 0.458. The third-order valence-corrected chi connectivity index (χ3v) is 6.82. The van der Waals surface area contributed by atoms with Gasteiger partial charge in [0.1, 0.15) is 11.3 Å². The molecule has 4 N–H and O–H groups in total. The molecule has 0 amide bonds. The van der Waals surface area contributed by atoms with E-state index in [0.29, 0.717) is 28.2 Å². The van der Waals surface area contributed by atoms with Crippen molar-refractivity contribution in [1.82, 2.24) is 15.2 Å². The Bertz CT molecular complexity index is 1050. The van der Waals surface area contributed by atoms with E-state index in [9.17, 15) is 15.0 Å². The molecule has 1 aliphatic heterocycles. The number of aromatic nitrogens is 1. The highest BCUT2D eigenvalue weighted by Crippen LogP contribution is 2.31. The number of phenolic OH excluding ortho intramolecular Hbond substituents is 1. The van der Waals surface area contributed by atoms with Crippen molar-refractivity contribution < 1.29 is 14.9 Å². The Kier molecular flexibility index (Phi) is 7.94. The van der Waals surface area contributed by atoms with Gasteiger partial charge in [-0.1, -0.05) is 47.7 Å². The molecule has 0 aliphatic carbocycles. The van der Waals surface area contributed by atoms with Crippen LogP contribution in [0.5, 0.6) is 5.75 Å². The number of nitrogens with zero attached hydrogens (tertiary/aromatic N) is 1. The normalized spacial score (nSPS) is 15.8. The minimum atomic E-state index is -0.728. The standard InChI is InChI=1S/C24H31N3O4S/c28-20-8-7-19(23-22(20)26-24(30)32-23)21(29)14-25-13-18-15-27(16-18)10-4-11-31-12-9-17-5-2-1-3-6-17/h1-3,5-8,18,21,25,28-29H,4,9-16H2,(H,26,30)/t21-/m0/s1. The van der Waals surface area contributed by atoms with Crippen LogP contribution >= 0.6 is 11.3 Å². The Labute approximate surface area is 191 Å². The Morgan fingerprint density at radius 3 is 2.81 bits per heavy atom. The van der Waals surface area contributed by atoms with Gasteiger partial charge in [-0.25, -0.2) is 0 Å². The first-order valence-electron chi connectivity index (χ1n) is 11.2. The molecule has 2 heterocycles. The number of aliphatic hydroxyl groups excluding tert-OH is 1. The van der Waals surface area contributed by atoms with Crippen LogP contribution in [-0.4, -0.2) is 66.0 Å². The molecule has 0 radical (unpaired) electrons. The summed E-state index contributed by atoms with van der Waals surface area (Å²) in [7, 11) is 0. The number of nitrogens with one attached hydrogen (secondary N) is 2. The largest absolute Gasteiger partial charge is 0.506 e. The first-order chi connectivity index (χ1) is 15.6. The van der Waals surface area contributed by atoms with Gasteiger partial charge in [0.2, 0.25) is 0 Å². The van der Waals surface area contributed by atoms with E-state index in [1.165, 1.54) is 11.6 Å². The third kappa shape index (κ3) is 5.96. The number of thiazole rings is 1. The molecular weight excluding hydrogens is 426 g/mol. The van der Waals surface area contributed by atoms with E-state index in [-0.39, 0.29) is 10.6 Å². The van der Waals surface area contributed by atoms with Crippen LogP contribution in [0.1, 0.15) is 23.7 Å². The van der Waals surface area contributed by atoms with E-state index in [2.05, 4.69) is 39.5 Å². The molecule has 0 saturated carbocycles. The van der Waals surface area contributed by atoms with E-state index in [0.717, 1.165) is 63.6 Å². The summed E-state index contributed by atoms with van der Waals surface area (Å²) in [4.78, 5) is 16.4. The Morgan fingerprint density at radius 1 is 1.19 bits per heavy atom. The number of hydrogen-bond donors (Lipinski definition) is 4. The summed E-state index contributed by atoms with van der Waals surface area (Å²) in [5.74, 6) is 0.614. The van der Waals surface area contributed by atoms with Crippen molar-refractivity contribution in [3.63, 3.8) is 0 Å². The molecule has 1 fully saturated rings. The Hall–Kier alpha value is -2.23. The van der Waals surface area contributed by atoms with Crippen LogP contribution in [0.4, 0.5) is 0 Å². The number of aromatic amines is 1. The van der Waals surface area contributed by atoms with E-state index in [1.54, 1.807) is 6.07 Å². The van der Waals surface area contributed by atoms with E-state index < -0.39 is 6.10 Å². The van der Waals surface area contributed by atoms with Gasteiger partial charge in [0.15, 0.2) is 0 Å². The number of aromatic hydroxyl groups is 1. The molecule has 0 spiro atoms. The molecule has 1 saturated heterocycles. The van der Waals surface area contributed by atoms with Crippen molar-refractivity contribution in [1.29, 1.82) is 0 Å². The quantitative estimate of drug-likeness (QED) is 0.312. The van der Waals surface area contributed by atoms with Crippen LogP contribution in [0, 0.1) is 5.92 Å². The van der Waals surface area contributed by atoms with Crippen LogP contribution in [0.2, 0.25) is 0 Å². The highest BCUT2D eigenvalue weighted by molar-refractivity contribution is 7.16. The second kappa shape index (κ2) is 11.1. The lowest BCUT2D eigenvalue weighted by atomic mass is 9.99. The maximum absolute atomic E-state index is 11.6. The zero-order chi connectivity index (χ0) is 22.3. The lowest BCUT2D eigenvalue weighted by Gasteiger charge is -2.39. The first-order valence-corrected chi connectivity index (χ1v) is 12.0. The minimum Gasteiger partial charge on any atom is -0.506 e. The molecule has 0 bridgehead atoms. The van der Waals surface area contributed by atoms with Crippen molar-refractivity contribution >= 4 is 21.6 Å². The summed E-state index contributed by atoms with van der Waals surface area (Å²) in [5.41, 5.74) is 2.38. The number of hydrogen-bond acceptors (Lipinski definition) is 7. The Balaban J connectivity index is 1.07. The number of aliphatic hydroxyl groups is 1. The molecule has 3 aromatic rings. The smallest absolute Gasteiger partial charge is 0.305 e. The number of ether oxygens (including phenoxy) is 1. The molecular formula is C24H31N3O4S. The van der Waals surface area contributed by atoms with E-state index >= 15 is 0 Å². The number of rotatable bonds is 12. The summed E-state index contributed by atoms with van der Waals surface area (Å²) >= 11 is 1.01. The van der Waals surface area contributed by atoms with Crippen LogP contribution < -0.4 is 10.2 Å². The highest BCUT2D eigenvalue weighted by atomic mass is 32.1. The fourth-order valence-corrected chi connectivity index (χ4v) is 5.07. The van der Waals surface area contributed by atoms with Gasteiger partial charge in [-0.3, -0.25) is 4.79 Å². The van der Waals surface area contributed by atoms with Crippen molar-refractivity contribution in [3.05, 3.63) is 63.3 Å². The third-order valence-electron chi connectivity index (χ3n) is 5.89. The van der Waals surface area contributed by atoms with Crippen molar-refractivity contribution in [2.75, 3.05) is 45.9 Å². The van der Waals surface area contributed by atoms with Gasteiger partial charge in [-0.2, -0.15) is 0 Å². The van der Waals surface area contributed by atoms with Crippen LogP contribution in [0.15, 0.2) is 47.3 Å². The van der Waals surface area contributed by atoms with Crippen LogP contribution in [0.3, 0.4) is 0 Å². The minimum absolute atomic E-state index is 0.0263. The van der Waals surface area contributed by atoms with Gasteiger partial charge in [-0.15, -0.1) is 0 Å². The highest BCUT2D eigenvalue weighted by Gasteiger charge is 2.26. The fourth-order valence-electron chi connectivity index (χ4n) is 4.15. The molecule has 32 heavy (non-hydrogen) atoms. The molecule has 7 nitrogen and oxygen atoms in total. The van der Waals surface area contributed by atoms with E-state index in [1.807, 2.05) is 6.07 Å². The van der Waals surface area contributed by atoms with Crippen molar-refractivity contribution in [2.45, 2.75) is 18.9 Å². The Morgan fingerprint density at radius 2 is 2.00 bits per heavy atom. The number of H-pyrrole nitrogens is 1. The van der Waals surface area contributed by atoms with Gasteiger partial charge in [0.05, 0.1) is 17.4 Å². The second-order valence-electron chi connectivity index (χ2n) is 8.39. The van der Waals surface area contributed by atoms with Gasteiger partial charge in [-0.05, 0) is 30.4 Å². The molecule has 0 unspecified atom stereocenters. The number of likely N-dealkylation sites (tertiary alicyclic amines) is 1. The molecule has 1 aromatic heterocycles. The average Bonchev–Trinajstić information content (AvgIpc) is 3.16. The van der Waals surface area contributed by atoms with Gasteiger partial charge in [0, 0.05) is 44.9 Å². The van der Waals surface area contributed by atoms with Gasteiger partial charge in [0.25, 0.3) is 0 Å². The molecule has 1 aliphatic rings. The predicted octanol–water partition coefficient (Wildman–Crippen LogP) is 2.50. The number of phenols is 1. The summed E-state index contributed by atoms with van der Waals surface area (Å²) in [5, 5.41) is 23.8. The first kappa shape index (κ1) is 22.9. The zero-order valence-electron chi connectivity index (χ0n) is 18.1. The average molecular weight is 458 g/mol. The summed E-state index contributed by atoms with van der Waals surface area (Å²) < 4.78 is 6.37. The maximum atomic E-state index is 11.6. The molecule has 4 rings (SSSR count). The van der Waals surface area contributed by atoms with Gasteiger partial charge < -0.3 is 30.2 Å². The molecule has 1 atom stereocenters. The topological polar surface area (TPSA) is 97.8 Å². The van der Waals surface area contributed by atoms with Crippen molar-refractivity contribution in [2.24, 2.45) is 5.92 Å². The lowest BCUT2D eigenvalue weighted by Crippen LogP contribution is -2.51. The van der Waals surface area contributed by atoms with Crippen molar-refractivity contribution in [3.8, 4) is 5.75 Å². The molecule has 172 valence electrons. The van der Waals surface area contributed by atoms with E-state index in [4.69, 9.17) is 4.74 Å². The SMILES string of the molecule is O=c1[nH]c2c(O)ccc([C@@H](O)CNCC3CN(CCCOCCc4ccccc4)C3)c2s1. The number of benzene rings is 2. The molecule has 8 heteroatoms. The predicted molar refractivity (Wildman–Crippen MR) is 127 cm³/mol. The summed E-state index contributed by atoms with van der Waals surface area (Å²) in [6, 6.07) is 13.6. The molecule has 2 aromatic carbocycles. The van der Waals surface area contributed by atoms with Crippen LogP contribution in [0.25, 0.3) is 10.2 Å². The second-order valence-corrected chi connectivity index (χ2v) is 9.38. The number of fused-ring (bicyclic) bond motifs is 1. The summed E-state index contributed by atoms with van der Waals surface area (Å²) in [6.07, 6.45) is 1.28. The monoisotopic (exact) mass is 457 g/mol. The summed E-state index contributed by atoms with van der Waals surface area (Å²) in [6.45, 7) is 6.02. The zero-order valence-corrected chi connectivity index (χ0v) is 18.9.